The number of rotatable bonds is 6. The van der Waals surface area contributed by atoms with Gasteiger partial charge in [0, 0.05) is 32.8 Å². The third-order valence-electron chi connectivity index (χ3n) is 4.97. The SMILES string of the molecule is CC1CC(C)CN(CCCNC(=O)C(N)C2CCOCC2)C1.Cl.Cl. The Morgan fingerprint density at radius 3 is 2.38 bits per heavy atom. The maximum absolute atomic E-state index is 12.1. The monoisotopic (exact) mass is 383 g/mol. The van der Waals surface area contributed by atoms with Gasteiger partial charge in [0.1, 0.15) is 0 Å². The minimum absolute atomic E-state index is 0. The fourth-order valence-corrected chi connectivity index (χ4v) is 3.90. The molecule has 1 amide bonds. The Kier molecular flexibility index (Phi) is 12.3. The van der Waals surface area contributed by atoms with E-state index < -0.39 is 0 Å². The van der Waals surface area contributed by atoms with Crippen LogP contribution in [0.1, 0.15) is 39.5 Å². The van der Waals surface area contributed by atoms with Gasteiger partial charge in [0.25, 0.3) is 0 Å². The van der Waals surface area contributed by atoms with E-state index in [1.165, 1.54) is 19.5 Å². The quantitative estimate of drug-likeness (QED) is 0.688. The van der Waals surface area contributed by atoms with Crippen LogP contribution in [-0.4, -0.2) is 56.2 Å². The van der Waals surface area contributed by atoms with Crippen molar-refractivity contribution in [1.29, 1.82) is 0 Å². The van der Waals surface area contributed by atoms with Crippen LogP contribution in [0.3, 0.4) is 0 Å². The van der Waals surface area contributed by atoms with Crippen molar-refractivity contribution < 1.29 is 9.53 Å². The Hall–Kier alpha value is -0.0700. The van der Waals surface area contributed by atoms with E-state index in [9.17, 15) is 4.79 Å². The first-order valence-electron chi connectivity index (χ1n) is 8.89. The number of ether oxygens (including phenoxy) is 1. The first kappa shape index (κ1) is 23.9. The number of nitrogens with one attached hydrogen (secondary N) is 1. The zero-order chi connectivity index (χ0) is 15.9. The summed E-state index contributed by atoms with van der Waals surface area (Å²) < 4.78 is 5.32. The van der Waals surface area contributed by atoms with E-state index >= 15 is 0 Å². The van der Waals surface area contributed by atoms with Gasteiger partial charge in [0.15, 0.2) is 0 Å². The van der Waals surface area contributed by atoms with Crippen molar-refractivity contribution in [3.05, 3.63) is 0 Å². The lowest BCUT2D eigenvalue weighted by molar-refractivity contribution is -0.124. The summed E-state index contributed by atoms with van der Waals surface area (Å²) in [5.74, 6) is 1.87. The van der Waals surface area contributed by atoms with Gasteiger partial charge in [-0.15, -0.1) is 24.8 Å². The number of hydrogen-bond donors (Lipinski definition) is 2. The third kappa shape index (κ3) is 7.87. The summed E-state index contributed by atoms with van der Waals surface area (Å²) in [6, 6.07) is -0.376. The van der Waals surface area contributed by atoms with Crippen molar-refractivity contribution in [2.24, 2.45) is 23.5 Å². The number of nitrogens with zero attached hydrogens (tertiary/aromatic N) is 1. The van der Waals surface area contributed by atoms with Crippen molar-refractivity contribution in [2.75, 3.05) is 39.4 Å². The highest BCUT2D eigenvalue weighted by Crippen LogP contribution is 2.21. The Morgan fingerprint density at radius 2 is 1.79 bits per heavy atom. The number of likely N-dealkylation sites (tertiary alicyclic amines) is 1. The number of halogens is 2. The van der Waals surface area contributed by atoms with E-state index in [0.29, 0.717) is 0 Å². The molecular formula is C17H35Cl2N3O2. The molecule has 24 heavy (non-hydrogen) atoms. The molecule has 144 valence electrons. The van der Waals surface area contributed by atoms with E-state index in [0.717, 1.165) is 57.4 Å². The topological polar surface area (TPSA) is 67.6 Å². The maximum Gasteiger partial charge on any atom is 0.237 e. The fraction of sp³-hybridized carbons (Fsp3) is 0.941. The molecule has 3 atom stereocenters. The molecule has 2 heterocycles. The lowest BCUT2D eigenvalue weighted by atomic mass is 9.91. The first-order valence-corrected chi connectivity index (χ1v) is 8.89. The number of carbonyl (C=O) groups is 1. The summed E-state index contributed by atoms with van der Waals surface area (Å²) in [7, 11) is 0. The van der Waals surface area contributed by atoms with Crippen LogP contribution in [0.5, 0.6) is 0 Å². The summed E-state index contributed by atoms with van der Waals surface area (Å²) >= 11 is 0. The molecule has 3 N–H and O–H groups in total. The molecule has 5 nitrogen and oxygen atoms in total. The molecule has 2 fully saturated rings. The van der Waals surface area contributed by atoms with Crippen molar-refractivity contribution in [1.82, 2.24) is 10.2 Å². The van der Waals surface area contributed by atoms with Gasteiger partial charge in [-0.05, 0) is 50.0 Å². The average molecular weight is 384 g/mol. The average Bonchev–Trinajstić information content (AvgIpc) is 2.50. The van der Waals surface area contributed by atoms with Crippen molar-refractivity contribution in [3.63, 3.8) is 0 Å². The van der Waals surface area contributed by atoms with E-state index in [-0.39, 0.29) is 42.7 Å². The lowest BCUT2D eigenvalue weighted by Crippen LogP contribution is -2.47. The van der Waals surface area contributed by atoms with E-state index in [4.69, 9.17) is 10.5 Å². The highest BCUT2D eigenvalue weighted by Gasteiger charge is 2.26. The normalized spacial score (nSPS) is 26.8. The van der Waals surface area contributed by atoms with Crippen LogP contribution in [-0.2, 0) is 9.53 Å². The van der Waals surface area contributed by atoms with Crippen molar-refractivity contribution >= 4 is 30.7 Å². The molecule has 2 rings (SSSR count). The zero-order valence-corrected chi connectivity index (χ0v) is 16.7. The van der Waals surface area contributed by atoms with Crippen LogP contribution >= 0.6 is 24.8 Å². The molecule has 2 aliphatic rings. The molecule has 0 aromatic heterocycles. The summed E-state index contributed by atoms with van der Waals surface area (Å²) in [4.78, 5) is 14.6. The molecular weight excluding hydrogens is 349 g/mol. The molecule has 0 spiro atoms. The van der Waals surface area contributed by atoms with Crippen LogP contribution < -0.4 is 11.1 Å². The zero-order valence-electron chi connectivity index (χ0n) is 15.0. The summed E-state index contributed by atoms with van der Waals surface area (Å²) in [6.07, 6.45) is 4.15. The van der Waals surface area contributed by atoms with Crippen LogP contribution in [0.4, 0.5) is 0 Å². The number of hydrogen-bond acceptors (Lipinski definition) is 4. The van der Waals surface area contributed by atoms with Crippen LogP contribution in [0.25, 0.3) is 0 Å². The van der Waals surface area contributed by atoms with Gasteiger partial charge in [-0.25, -0.2) is 0 Å². The molecule has 0 bridgehead atoms. The molecule has 0 saturated carbocycles. The smallest absolute Gasteiger partial charge is 0.237 e. The number of amides is 1. The van der Waals surface area contributed by atoms with Gasteiger partial charge in [0.2, 0.25) is 5.91 Å². The summed E-state index contributed by atoms with van der Waals surface area (Å²) in [6.45, 7) is 10.3. The molecule has 0 aromatic carbocycles. The standard InChI is InChI=1S/C17H33N3O2.2ClH/c1-13-10-14(2)12-20(11-13)7-3-6-19-17(21)16(18)15-4-8-22-9-5-15;;/h13-16H,3-12,18H2,1-2H3,(H,19,21);2*1H. The number of piperidine rings is 1. The molecule has 0 aromatic rings. The van der Waals surface area contributed by atoms with Gasteiger partial charge in [-0.3, -0.25) is 4.79 Å². The Labute approximate surface area is 159 Å². The molecule has 2 saturated heterocycles. The predicted octanol–water partition coefficient (Wildman–Crippen LogP) is 2.07. The van der Waals surface area contributed by atoms with Crippen molar-refractivity contribution in [3.8, 4) is 0 Å². The van der Waals surface area contributed by atoms with Gasteiger partial charge < -0.3 is 20.7 Å². The Balaban J connectivity index is 0.00000264. The highest BCUT2D eigenvalue weighted by molar-refractivity contribution is 5.85. The Morgan fingerprint density at radius 1 is 1.21 bits per heavy atom. The molecule has 2 aliphatic heterocycles. The van der Waals surface area contributed by atoms with E-state index in [1.807, 2.05) is 0 Å². The summed E-state index contributed by atoms with van der Waals surface area (Å²) in [5.41, 5.74) is 6.08. The molecule has 0 aliphatic carbocycles. The largest absolute Gasteiger partial charge is 0.381 e. The van der Waals surface area contributed by atoms with Crippen LogP contribution in [0.2, 0.25) is 0 Å². The van der Waals surface area contributed by atoms with Gasteiger partial charge >= 0.3 is 0 Å². The fourth-order valence-electron chi connectivity index (χ4n) is 3.90. The second-order valence-corrected chi connectivity index (χ2v) is 7.33. The minimum atomic E-state index is -0.376. The van der Waals surface area contributed by atoms with Crippen molar-refractivity contribution in [2.45, 2.75) is 45.6 Å². The van der Waals surface area contributed by atoms with Gasteiger partial charge in [-0.1, -0.05) is 13.8 Å². The molecule has 0 radical (unpaired) electrons. The third-order valence-corrected chi connectivity index (χ3v) is 4.97. The minimum Gasteiger partial charge on any atom is -0.381 e. The molecule has 3 unspecified atom stereocenters. The summed E-state index contributed by atoms with van der Waals surface area (Å²) in [5, 5.41) is 3.01. The number of carbonyl (C=O) groups excluding carboxylic acids is 1. The highest BCUT2D eigenvalue weighted by atomic mass is 35.5. The second-order valence-electron chi connectivity index (χ2n) is 7.33. The lowest BCUT2D eigenvalue weighted by Gasteiger charge is -2.35. The predicted molar refractivity (Wildman–Crippen MR) is 103 cm³/mol. The Bertz CT molecular complexity index is 345. The van der Waals surface area contributed by atoms with Gasteiger partial charge in [-0.2, -0.15) is 0 Å². The van der Waals surface area contributed by atoms with Crippen LogP contribution in [0.15, 0.2) is 0 Å². The van der Waals surface area contributed by atoms with Crippen LogP contribution in [0, 0.1) is 17.8 Å². The number of nitrogens with two attached hydrogens (primary N) is 1. The second kappa shape index (κ2) is 12.3. The maximum atomic E-state index is 12.1. The van der Waals surface area contributed by atoms with E-state index in [1.54, 1.807) is 0 Å². The van der Waals surface area contributed by atoms with Gasteiger partial charge in [0.05, 0.1) is 6.04 Å². The molecule has 7 heteroatoms. The van der Waals surface area contributed by atoms with E-state index in [2.05, 4.69) is 24.1 Å². The first-order chi connectivity index (χ1) is 10.6.